The van der Waals surface area contributed by atoms with Crippen LogP contribution in [0.25, 0.3) is 0 Å². The lowest BCUT2D eigenvalue weighted by molar-refractivity contribution is 0.0954. The van der Waals surface area contributed by atoms with Crippen molar-refractivity contribution in [1.29, 1.82) is 0 Å². The molecule has 3 rings (SSSR count). The van der Waals surface area contributed by atoms with Gasteiger partial charge < -0.3 is 20.7 Å². The zero-order valence-corrected chi connectivity index (χ0v) is 16.7. The van der Waals surface area contributed by atoms with Crippen molar-refractivity contribution in [2.75, 3.05) is 30.8 Å². The molecule has 0 fully saturated rings. The van der Waals surface area contributed by atoms with Crippen molar-refractivity contribution < 1.29 is 9.53 Å². The van der Waals surface area contributed by atoms with Crippen LogP contribution in [0.3, 0.4) is 0 Å². The van der Waals surface area contributed by atoms with Crippen LogP contribution in [0.1, 0.15) is 10.4 Å². The first kappa shape index (κ1) is 19.6. The first-order valence-electron chi connectivity index (χ1n) is 8.51. The van der Waals surface area contributed by atoms with Gasteiger partial charge in [-0.25, -0.2) is 15.0 Å². The lowest BCUT2D eigenvalue weighted by atomic mass is 10.2. The number of rotatable bonds is 8. The smallest absolute Gasteiger partial charge is 0.252 e. The summed E-state index contributed by atoms with van der Waals surface area (Å²) in [5.41, 5.74) is 0.517. The number of carbonyl (C=O) groups is 1. The largest absolute Gasteiger partial charge is 0.497 e. The normalized spacial score (nSPS) is 10.2. The van der Waals surface area contributed by atoms with E-state index in [1.165, 1.54) is 6.33 Å². The summed E-state index contributed by atoms with van der Waals surface area (Å²) in [7, 11) is 1.56. The molecule has 3 aromatic rings. The van der Waals surface area contributed by atoms with Crippen LogP contribution in [0, 0.1) is 0 Å². The van der Waals surface area contributed by atoms with E-state index in [0.29, 0.717) is 46.3 Å². The van der Waals surface area contributed by atoms with Gasteiger partial charge in [0.2, 0.25) is 0 Å². The third-order valence-corrected chi connectivity index (χ3v) is 4.41. The number of nitrogens with one attached hydrogen (secondary N) is 3. The number of aromatic nitrogens is 3. The highest BCUT2D eigenvalue weighted by molar-refractivity contribution is 9.10. The Morgan fingerprint density at radius 2 is 1.89 bits per heavy atom. The molecule has 1 amide bonds. The van der Waals surface area contributed by atoms with Crippen molar-refractivity contribution in [3.63, 3.8) is 0 Å². The van der Waals surface area contributed by atoms with Crippen molar-refractivity contribution in [2.45, 2.75) is 0 Å². The Morgan fingerprint density at radius 3 is 2.68 bits per heavy atom. The number of hydrogen-bond donors (Lipinski definition) is 3. The van der Waals surface area contributed by atoms with Crippen LogP contribution in [0.2, 0.25) is 0 Å². The molecular weight excluding hydrogens is 424 g/mol. The third kappa shape index (κ3) is 5.40. The molecule has 3 N–H and O–H groups in total. The van der Waals surface area contributed by atoms with Gasteiger partial charge in [-0.1, -0.05) is 6.07 Å². The van der Waals surface area contributed by atoms with E-state index < -0.39 is 0 Å². The lowest BCUT2D eigenvalue weighted by Crippen LogP contribution is -2.29. The quantitative estimate of drug-likeness (QED) is 0.460. The monoisotopic (exact) mass is 442 g/mol. The van der Waals surface area contributed by atoms with E-state index in [2.05, 4.69) is 46.8 Å². The fourth-order valence-corrected chi connectivity index (χ4v) is 2.78. The molecular formula is C19H19BrN6O2. The van der Waals surface area contributed by atoms with Crippen LogP contribution < -0.4 is 20.7 Å². The molecule has 2 heterocycles. The van der Waals surface area contributed by atoms with E-state index in [1.54, 1.807) is 37.6 Å². The number of hydrogen-bond acceptors (Lipinski definition) is 7. The molecule has 0 saturated heterocycles. The molecule has 144 valence electrons. The molecule has 0 aliphatic carbocycles. The van der Waals surface area contributed by atoms with Crippen molar-refractivity contribution in [3.05, 3.63) is 65.0 Å². The SMILES string of the molecule is COc1ccc(Br)c(C(=O)NCCNc2cc(Nc3ccccn3)ncn2)c1. The zero-order chi connectivity index (χ0) is 19.8. The van der Waals surface area contributed by atoms with Gasteiger partial charge in [-0.2, -0.15) is 0 Å². The minimum absolute atomic E-state index is 0.187. The van der Waals surface area contributed by atoms with Crippen molar-refractivity contribution in [1.82, 2.24) is 20.3 Å². The van der Waals surface area contributed by atoms with Gasteiger partial charge in [0.25, 0.3) is 5.91 Å². The summed E-state index contributed by atoms with van der Waals surface area (Å²) in [5.74, 6) is 2.40. The van der Waals surface area contributed by atoms with Gasteiger partial charge in [0.1, 0.15) is 29.5 Å². The molecule has 1 aromatic carbocycles. The van der Waals surface area contributed by atoms with Gasteiger partial charge in [0.15, 0.2) is 0 Å². The summed E-state index contributed by atoms with van der Waals surface area (Å²) < 4.78 is 5.87. The summed E-state index contributed by atoms with van der Waals surface area (Å²) in [4.78, 5) is 24.9. The minimum Gasteiger partial charge on any atom is -0.497 e. The maximum Gasteiger partial charge on any atom is 0.252 e. The van der Waals surface area contributed by atoms with Crippen LogP contribution in [-0.2, 0) is 0 Å². The predicted molar refractivity (Wildman–Crippen MR) is 111 cm³/mol. The van der Waals surface area contributed by atoms with Crippen molar-refractivity contribution in [2.24, 2.45) is 0 Å². The van der Waals surface area contributed by atoms with E-state index >= 15 is 0 Å². The molecule has 0 bridgehead atoms. The van der Waals surface area contributed by atoms with Gasteiger partial charge >= 0.3 is 0 Å². The zero-order valence-electron chi connectivity index (χ0n) is 15.1. The molecule has 28 heavy (non-hydrogen) atoms. The Kier molecular flexibility index (Phi) is 6.74. The highest BCUT2D eigenvalue weighted by Crippen LogP contribution is 2.22. The van der Waals surface area contributed by atoms with Crippen molar-refractivity contribution in [3.8, 4) is 5.75 Å². The summed E-state index contributed by atoms with van der Waals surface area (Å²) >= 11 is 3.38. The Balaban J connectivity index is 1.50. The fraction of sp³-hybridized carbons (Fsp3) is 0.158. The van der Waals surface area contributed by atoms with E-state index in [1.807, 2.05) is 18.2 Å². The minimum atomic E-state index is -0.187. The first-order valence-corrected chi connectivity index (χ1v) is 9.31. The van der Waals surface area contributed by atoms with Crippen LogP contribution in [0.4, 0.5) is 17.5 Å². The Morgan fingerprint density at radius 1 is 1.04 bits per heavy atom. The van der Waals surface area contributed by atoms with E-state index in [4.69, 9.17) is 4.74 Å². The maximum absolute atomic E-state index is 12.3. The Hall–Kier alpha value is -3.20. The molecule has 2 aromatic heterocycles. The Labute approximate surface area is 170 Å². The molecule has 0 unspecified atom stereocenters. The number of halogens is 1. The number of methoxy groups -OCH3 is 1. The lowest BCUT2D eigenvalue weighted by Gasteiger charge is -2.10. The highest BCUT2D eigenvalue weighted by Gasteiger charge is 2.10. The molecule has 8 nitrogen and oxygen atoms in total. The van der Waals surface area contributed by atoms with Crippen LogP contribution >= 0.6 is 15.9 Å². The van der Waals surface area contributed by atoms with Crippen LogP contribution in [-0.4, -0.2) is 41.1 Å². The number of anilines is 3. The number of nitrogens with zero attached hydrogens (tertiary/aromatic N) is 3. The highest BCUT2D eigenvalue weighted by atomic mass is 79.9. The molecule has 9 heteroatoms. The number of ether oxygens (including phenoxy) is 1. The van der Waals surface area contributed by atoms with Gasteiger partial charge in [0.05, 0.1) is 12.7 Å². The summed E-state index contributed by atoms with van der Waals surface area (Å²) in [6.45, 7) is 0.933. The van der Waals surface area contributed by atoms with Gasteiger partial charge in [-0.15, -0.1) is 0 Å². The number of benzene rings is 1. The van der Waals surface area contributed by atoms with Crippen molar-refractivity contribution >= 4 is 39.3 Å². The van der Waals surface area contributed by atoms with Gasteiger partial charge in [0, 0.05) is 29.8 Å². The summed E-state index contributed by atoms with van der Waals surface area (Å²) in [6, 6.07) is 12.6. The second kappa shape index (κ2) is 9.65. The van der Waals surface area contributed by atoms with E-state index in [9.17, 15) is 4.79 Å². The van der Waals surface area contributed by atoms with E-state index in [0.717, 1.165) is 0 Å². The number of carbonyl (C=O) groups excluding carboxylic acids is 1. The summed E-state index contributed by atoms with van der Waals surface area (Å²) in [6.07, 6.45) is 3.16. The molecule has 0 saturated carbocycles. The van der Waals surface area contributed by atoms with Crippen LogP contribution in [0.5, 0.6) is 5.75 Å². The Bertz CT molecular complexity index is 939. The van der Waals surface area contributed by atoms with E-state index in [-0.39, 0.29) is 5.91 Å². The standard InChI is InChI=1S/C19H19BrN6O2/c1-28-13-5-6-15(20)14(10-13)19(27)23-9-8-22-17-11-18(25-12-24-17)26-16-4-2-3-7-21-16/h2-7,10-12H,8-9H2,1H3,(H,23,27)(H2,21,22,24,25,26). The molecule has 0 aliphatic heterocycles. The fourth-order valence-electron chi connectivity index (χ4n) is 2.36. The second-order valence-corrected chi connectivity index (χ2v) is 6.51. The van der Waals surface area contributed by atoms with Gasteiger partial charge in [-0.3, -0.25) is 4.79 Å². The second-order valence-electron chi connectivity index (χ2n) is 5.66. The van der Waals surface area contributed by atoms with Crippen LogP contribution in [0.15, 0.2) is 59.5 Å². The maximum atomic E-state index is 12.3. The molecule has 0 radical (unpaired) electrons. The molecule has 0 aliphatic rings. The van der Waals surface area contributed by atoms with Gasteiger partial charge in [-0.05, 0) is 46.3 Å². The summed E-state index contributed by atoms with van der Waals surface area (Å²) in [5, 5.41) is 9.11. The number of pyridine rings is 1. The topological polar surface area (TPSA) is 101 Å². The average molecular weight is 443 g/mol. The third-order valence-electron chi connectivity index (χ3n) is 3.72. The molecule has 0 atom stereocenters. The first-order chi connectivity index (χ1) is 13.7. The molecule has 0 spiro atoms. The average Bonchev–Trinajstić information content (AvgIpc) is 2.72. The predicted octanol–water partition coefficient (Wildman–Crippen LogP) is 3.23. The number of amides is 1.